The lowest BCUT2D eigenvalue weighted by molar-refractivity contribution is 0.0679. The number of amides is 1. The summed E-state index contributed by atoms with van der Waals surface area (Å²) in [6, 6.07) is 13.2. The first-order valence-corrected chi connectivity index (χ1v) is 11.4. The summed E-state index contributed by atoms with van der Waals surface area (Å²) in [6.07, 6.45) is 2.16. The molecule has 2 fully saturated rings. The van der Waals surface area contributed by atoms with Gasteiger partial charge in [0.25, 0.3) is 5.91 Å². The molecule has 0 N–H and O–H groups in total. The summed E-state index contributed by atoms with van der Waals surface area (Å²) in [5.74, 6) is 1.36. The van der Waals surface area contributed by atoms with E-state index in [9.17, 15) is 4.79 Å². The largest absolute Gasteiger partial charge is 0.339 e. The van der Waals surface area contributed by atoms with Crippen molar-refractivity contribution in [3.8, 4) is 0 Å². The van der Waals surface area contributed by atoms with E-state index in [0.717, 1.165) is 38.0 Å². The second-order valence-corrected chi connectivity index (χ2v) is 9.78. The highest BCUT2D eigenvalue weighted by Crippen LogP contribution is 2.50. The van der Waals surface area contributed by atoms with Crippen LogP contribution in [0.15, 0.2) is 41.3 Å². The van der Waals surface area contributed by atoms with Crippen molar-refractivity contribution in [3.63, 3.8) is 0 Å². The zero-order valence-corrected chi connectivity index (χ0v) is 17.6. The van der Waals surface area contributed by atoms with Gasteiger partial charge in [0.15, 0.2) is 0 Å². The van der Waals surface area contributed by atoms with Crippen LogP contribution in [0.25, 0.3) is 0 Å². The molecule has 4 heteroatoms. The molecule has 0 bridgehead atoms. The quantitative estimate of drug-likeness (QED) is 0.724. The second kappa shape index (κ2) is 6.93. The molecule has 3 aliphatic rings. The first kappa shape index (κ1) is 18.3. The molecule has 2 aromatic carbocycles. The average molecular weight is 393 g/mol. The van der Waals surface area contributed by atoms with E-state index in [0.29, 0.717) is 0 Å². The van der Waals surface area contributed by atoms with Gasteiger partial charge < -0.3 is 4.90 Å². The number of hydrogen-bond acceptors (Lipinski definition) is 3. The molecule has 0 aliphatic carbocycles. The average Bonchev–Trinajstić information content (AvgIpc) is 3.46. The third kappa shape index (κ3) is 3.27. The summed E-state index contributed by atoms with van der Waals surface area (Å²) in [4.78, 5) is 19.0. The molecule has 3 nitrogen and oxygen atoms in total. The zero-order chi connectivity index (χ0) is 19.3. The molecule has 1 spiro atoms. The number of aryl methyl sites for hydroxylation is 2. The first-order chi connectivity index (χ1) is 13.5. The van der Waals surface area contributed by atoms with Crippen molar-refractivity contribution < 1.29 is 4.79 Å². The van der Waals surface area contributed by atoms with E-state index in [-0.39, 0.29) is 11.3 Å². The smallest absolute Gasteiger partial charge is 0.253 e. The Morgan fingerprint density at radius 1 is 1.00 bits per heavy atom. The van der Waals surface area contributed by atoms with Crippen molar-refractivity contribution in [2.75, 3.05) is 31.9 Å². The number of carbonyl (C=O) groups is 1. The van der Waals surface area contributed by atoms with Crippen molar-refractivity contribution >= 4 is 17.7 Å². The molecule has 0 unspecified atom stereocenters. The number of likely N-dealkylation sites (tertiary alicyclic amines) is 1. The van der Waals surface area contributed by atoms with Gasteiger partial charge >= 0.3 is 0 Å². The molecule has 3 heterocycles. The summed E-state index contributed by atoms with van der Waals surface area (Å²) in [7, 11) is 0. The van der Waals surface area contributed by atoms with Crippen LogP contribution in [0.3, 0.4) is 0 Å². The lowest BCUT2D eigenvalue weighted by Crippen LogP contribution is -2.45. The van der Waals surface area contributed by atoms with Crippen LogP contribution in [0.2, 0.25) is 0 Å². The Bertz CT molecular complexity index is 926. The molecular formula is C24H28N2OS. The van der Waals surface area contributed by atoms with Crippen molar-refractivity contribution in [1.82, 2.24) is 9.80 Å². The molecule has 5 rings (SSSR count). The third-order valence-corrected chi connectivity index (χ3v) is 8.19. The summed E-state index contributed by atoms with van der Waals surface area (Å²) in [6.45, 7) is 9.48. The fourth-order valence-electron chi connectivity index (χ4n) is 4.61. The number of hydrogen-bond donors (Lipinski definition) is 0. The molecule has 2 aromatic rings. The van der Waals surface area contributed by atoms with Crippen LogP contribution >= 0.6 is 11.8 Å². The molecule has 1 amide bonds. The maximum Gasteiger partial charge on any atom is 0.253 e. The fraction of sp³-hybridized carbons (Fsp3) is 0.458. The summed E-state index contributed by atoms with van der Waals surface area (Å²) < 4.78 is 0. The van der Waals surface area contributed by atoms with E-state index < -0.39 is 0 Å². The van der Waals surface area contributed by atoms with E-state index in [1.165, 1.54) is 40.4 Å². The van der Waals surface area contributed by atoms with E-state index in [4.69, 9.17) is 0 Å². The molecule has 3 aliphatic heterocycles. The molecule has 0 radical (unpaired) electrons. The monoisotopic (exact) mass is 392 g/mol. The molecule has 28 heavy (non-hydrogen) atoms. The highest BCUT2D eigenvalue weighted by Gasteiger charge is 2.42. The minimum atomic E-state index is 0.194. The summed E-state index contributed by atoms with van der Waals surface area (Å²) in [5, 5.41) is 0. The van der Waals surface area contributed by atoms with E-state index >= 15 is 0 Å². The van der Waals surface area contributed by atoms with Crippen LogP contribution in [-0.4, -0.2) is 47.6 Å². The number of benzene rings is 2. The fourth-order valence-corrected chi connectivity index (χ4v) is 6.08. The number of fused-ring (bicyclic) bond motifs is 2. The predicted molar refractivity (Wildman–Crippen MR) is 115 cm³/mol. The normalized spacial score (nSPS) is 20.4. The molecule has 0 aromatic heterocycles. The second-order valence-electron chi connectivity index (χ2n) is 8.77. The first-order valence-electron chi connectivity index (χ1n) is 10.4. The lowest BCUT2D eigenvalue weighted by Gasteiger charge is -2.40. The van der Waals surface area contributed by atoms with Gasteiger partial charge in [-0.3, -0.25) is 9.69 Å². The van der Waals surface area contributed by atoms with Crippen LogP contribution in [0.1, 0.15) is 45.5 Å². The van der Waals surface area contributed by atoms with Gasteiger partial charge in [0.05, 0.1) is 0 Å². The Hall–Kier alpha value is -1.78. The maximum atomic E-state index is 13.0. The van der Waals surface area contributed by atoms with Crippen LogP contribution in [0.4, 0.5) is 0 Å². The molecule has 0 atom stereocenters. The van der Waals surface area contributed by atoms with Crippen molar-refractivity contribution in [2.24, 2.45) is 0 Å². The Kier molecular flexibility index (Phi) is 4.52. The van der Waals surface area contributed by atoms with Crippen LogP contribution in [0, 0.1) is 13.8 Å². The highest BCUT2D eigenvalue weighted by atomic mass is 32.2. The summed E-state index contributed by atoms with van der Waals surface area (Å²) >= 11 is 2.01. The number of piperidine rings is 1. The van der Waals surface area contributed by atoms with Gasteiger partial charge in [0, 0.05) is 54.4 Å². The minimum absolute atomic E-state index is 0.194. The number of carbonyl (C=O) groups excluding carboxylic acids is 1. The van der Waals surface area contributed by atoms with Crippen LogP contribution in [-0.2, 0) is 12.0 Å². The molecule has 0 saturated carbocycles. The SMILES string of the molecule is Cc1ccc(C(=O)N2CCC3(CC2)CSc2ccc(CN4CC4)cc23)cc1C. The maximum absolute atomic E-state index is 13.0. The van der Waals surface area contributed by atoms with E-state index in [1.54, 1.807) is 5.56 Å². The Labute approximate surface area is 172 Å². The Balaban J connectivity index is 1.32. The molecule has 2 saturated heterocycles. The number of rotatable bonds is 3. The van der Waals surface area contributed by atoms with E-state index in [1.807, 2.05) is 23.9 Å². The van der Waals surface area contributed by atoms with Crippen LogP contribution in [0.5, 0.6) is 0 Å². The van der Waals surface area contributed by atoms with Gasteiger partial charge in [-0.25, -0.2) is 0 Å². The highest BCUT2D eigenvalue weighted by molar-refractivity contribution is 7.99. The van der Waals surface area contributed by atoms with Crippen molar-refractivity contribution in [1.29, 1.82) is 0 Å². The molecular weight excluding hydrogens is 364 g/mol. The molecule has 146 valence electrons. The Morgan fingerprint density at radius 3 is 2.50 bits per heavy atom. The zero-order valence-electron chi connectivity index (χ0n) is 16.8. The predicted octanol–water partition coefficient (Wildman–Crippen LogP) is 4.40. The van der Waals surface area contributed by atoms with Crippen LogP contribution < -0.4 is 0 Å². The third-order valence-electron chi connectivity index (χ3n) is 6.83. The number of thioether (sulfide) groups is 1. The van der Waals surface area contributed by atoms with Gasteiger partial charge in [-0.05, 0) is 67.1 Å². The topological polar surface area (TPSA) is 23.3 Å². The Morgan fingerprint density at radius 2 is 1.79 bits per heavy atom. The summed E-state index contributed by atoms with van der Waals surface area (Å²) in [5.41, 5.74) is 6.53. The lowest BCUT2D eigenvalue weighted by atomic mass is 9.74. The van der Waals surface area contributed by atoms with Gasteiger partial charge in [-0.15, -0.1) is 11.8 Å². The van der Waals surface area contributed by atoms with Crippen molar-refractivity contribution in [2.45, 2.75) is 43.5 Å². The van der Waals surface area contributed by atoms with Gasteiger partial charge in [0.2, 0.25) is 0 Å². The van der Waals surface area contributed by atoms with Crippen molar-refractivity contribution in [3.05, 3.63) is 64.2 Å². The standard InChI is InChI=1S/C24H28N2OS/c1-17-3-5-20(13-18(17)2)23(27)26-9-7-24(8-10-26)16-28-22-6-4-19(14-21(22)24)15-25-11-12-25/h3-6,13-14H,7-12,15-16H2,1-2H3. The minimum Gasteiger partial charge on any atom is -0.339 e. The van der Waals surface area contributed by atoms with Gasteiger partial charge in [-0.1, -0.05) is 18.2 Å². The van der Waals surface area contributed by atoms with E-state index in [2.05, 4.69) is 47.9 Å². The van der Waals surface area contributed by atoms with Gasteiger partial charge in [-0.2, -0.15) is 0 Å². The number of nitrogens with zero attached hydrogens (tertiary/aromatic N) is 2. The van der Waals surface area contributed by atoms with Gasteiger partial charge in [0.1, 0.15) is 0 Å².